The van der Waals surface area contributed by atoms with Crippen molar-refractivity contribution in [2.45, 2.75) is 6.54 Å². The minimum Gasteiger partial charge on any atom is -0.348 e. The van der Waals surface area contributed by atoms with Gasteiger partial charge in [-0.15, -0.1) is 0 Å². The van der Waals surface area contributed by atoms with Crippen LogP contribution in [0.25, 0.3) is 0 Å². The molecule has 0 aromatic heterocycles. The van der Waals surface area contributed by atoms with E-state index in [1.807, 2.05) is 0 Å². The van der Waals surface area contributed by atoms with E-state index in [4.69, 9.17) is 11.6 Å². The highest BCUT2D eigenvalue weighted by atomic mass is 79.9. The highest BCUT2D eigenvalue weighted by molar-refractivity contribution is 9.10. The Bertz CT molecular complexity index is 664. The maximum Gasteiger partial charge on any atom is 0.254 e. The number of carbonyl (C=O) groups is 1. The molecule has 0 aliphatic heterocycles. The van der Waals surface area contributed by atoms with Gasteiger partial charge in [-0.05, 0) is 35.9 Å². The second-order valence-electron chi connectivity index (χ2n) is 4.06. The predicted molar refractivity (Wildman–Crippen MR) is 76.7 cm³/mol. The van der Waals surface area contributed by atoms with Gasteiger partial charge in [0.15, 0.2) is 0 Å². The molecular weight excluding hydrogens is 352 g/mol. The van der Waals surface area contributed by atoms with Crippen molar-refractivity contribution in [3.63, 3.8) is 0 Å². The lowest BCUT2D eigenvalue weighted by molar-refractivity contribution is 0.0947. The number of halogens is 4. The molecule has 0 heterocycles. The summed E-state index contributed by atoms with van der Waals surface area (Å²) in [4.78, 5) is 11.9. The van der Waals surface area contributed by atoms with Crippen molar-refractivity contribution in [2.24, 2.45) is 0 Å². The van der Waals surface area contributed by atoms with E-state index in [2.05, 4.69) is 21.2 Å². The van der Waals surface area contributed by atoms with Gasteiger partial charge in [-0.1, -0.05) is 33.6 Å². The van der Waals surface area contributed by atoms with E-state index >= 15 is 0 Å². The van der Waals surface area contributed by atoms with Crippen molar-refractivity contribution >= 4 is 33.4 Å². The summed E-state index contributed by atoms with van der Waals surface area (Å²) in [6, 6.07) is 8.22. The largest absolute Gasteiger partial charge is 0.348 e. The third-order valence-electron chi connectivity index (χ3n) is 2.61. The van der Waals surface area contributed by atoms with Crippen LogP contribution in [-0.2, 0) is 6.54 Å². The smallest absolute Gasteiger partial charge is 0.254 e. The van der Waals surface area contributed by atoms with Crippen molar-refractivity contribution in [1.29, 1.82) is 0 Å². The molecule has 0 bridgehead atoms. The third kappa shape index (κ3) is 3.55. The lowest BCUT2D eigenvalue weighted by Crippen LogP contribution is -2.23. The molecule has 0 saturated heterocycles. The lowest BCUT2D eigenvalue weighted by atomic mass is 10.2. The van der Waals surface area contributed by atoms with Gasteiger partial charge in [0.25, 0.3) is 5.91 Å². The first-order chi connectivity index (χ1) is 9.47. The topological polar surface area (TPSA) is 29.1 Å². The summed E-state index contributed by atoms with van der Waals surface area (Å²) in [5.74, 6) is -1.69. The molecule has 0 radical (unpaired) electrons. The van der Waals surface area contributed by atoms with Crippen LogP contribution in [0.15, 0.2) is 40.9 Å². The summed E-state index contributed by atoms with van der Waals surface area (Å²) < 4.78 is 27.1. The maximum absolute atomic E-state index is 13.5. The van der Waals surface area contributed by atoms with Gasteiger partial charge in [0.05, 0.1) is 10.6 Å². The Morgan fingerprint density at radius 3 is 2.55 bits per heavy atom. The second kappa shape index (κ2) is 6.33. The fraction of sp³-hybridized carbons (Fsp3) is 0.0714. The SMILES string of the molecule is O=C(NCc1ccc(F)c(Cl)c1)c1cc(Br)ccc1F. The molecular formula is C14H9BrClF2NO. The Balaban J connectivity index is 2.08. The van der Waals surface area contributed by atoms with Crippen molar-refractivity contribution in [3.8, 4) is 0 Å². The van der Waals surface area contributed by atoms with E-state index in [0.717, 1.165) is 0 Å². The summed E-state index contributed by atoms with van der Waals surface area (Å²) >= 11 is 8.81. The maximum atomic E-state index is 13.5. The number of amides is 1. The number of benzene rings is 2. The van der Waals surface area contributed by atoms with Gasteiger partial charge < -0.3 is 5.32 Å². The molecule has 2 nitrogen and oxygen atoms in total. The van der Waals surface area contributed by atoms with Crippen LogP contribution in [0.4, 0.5) is 8.78 Å². The van der Waals surface area contributed by atoms with Crippen LogP contribution in [0.5, 0.6) is 0 Å². The fourth-order valence-electron chi connectivity index (χ4n) is 1.60. The first kappa shape index (κ1) is 14.9. The van der Waals surface area contributed by atoms with E-state index in [-0.39, 0.29) is 17.1 Å². The molecule has 1 amide bonds. The van der Waals surface area contributed by atoms with Gasteiger partial charge in [0.1, 0.15) is 11.6 Å². The van der Waals surface area contributed by atoms with Crippen LogP contribution >= 0.6 is 27.5 Å². The van der Waals surface area contributed by atoms with Crippen LogP contribution in [0, 0.1) is 11.6 Å². The zero-order chi connectivity index (χ0) is 14.7. The van der Waals surface area contributed by atoms with Crippen molar-refractivity contribution in [2.75, 3.05) is 0 Å². The van der Waals surface area contributed by atoms with E-state index < -0.39 is 17.5 Å². The van der Waals surface area contributed by atoms with Crippen molar-refractivity contribution in [1.82, 2.24) is 5.32 Å². The molecule has 2 rings (SSSR count). The van der Waals surface area contributed by atoms with E-state index in [1.54, 1.807) is 0 Å². The molecule has 6 heteroatoms. The molecule has 0 aliphatic rings. The molecule has 2 aromatic carbocycles. The second-order valence-corrected chi connectivity index (χ2v) is 5.38. The quantitative estimate of drug-likeness (QED) is 0.868. The summed E-state index contributed by atoms with van der Waals surface area (Å²) in [5, 5.41) is 2.53. The van der Waals surface area contributed by atoms with Gasteiger partial charge in [0.2, 0.25) is 0 Å². The molecule has 20 heavy (non-hydrogen) atoms. The fourth-order valence-corrected chi connectivity index (χ4v) is 2.16. The Morgan fingerprint density at radius 2 is 1.85 bits per heavy atom. The highest BCUT2D eigenvalue weighted by Gasteiger charge is 2.12. The number of rotatable bonds is 3. The van der Waals surface area contributed by atoms with Gasteiger partial charge >= 0.3 is 0 Å². The van der Waals surface area contributed by atoms with Gasteiger partial charge in [-0.2, -0.15) is 0 Å². The predicted octanol–water partition coefficient (Wildman–Crippen LogP) is 4.31. The monoisotopic (exact) mass is 359 g/mol. The summed E-state index contributed by atoms with van der Waals surface area (Å²) in [6.45, 7) is 0.130. The van der Waals surface area contributed by atoms with E-state index in [9.17, 15) is 13.6 Å². The number of nitrogens with one attached hydrogen (secondary N) is 1. The summed E-state index contributed by atoms with van der Waals surface area (Å²) in [7, 11) is 0. The normalized spacial score (nSPS) is 10.4. The third-order valence-corrected chi connectivity index (χ3v) is 3.39. The zero-order valence-electron chi connectivity index (χ0n) is 10.1. The molecule has 104 valence electrons. The average molecular weight is 361 g/mol. The van der Waals surface area contributed by atoms with Crippen LogP contribution in [0.3, 0.4) is 0 Å². The molecule has 2 aromatic rings. The van der Waals surface area contributed by atoms with Crippen molar-refractivity contribution in [3.05, 3.63) is 68.7 Å². The van der Waals surface area contributed by atoms with Gasteiger partial charge in [-0.25, -0.2) is 8.78 Å². The van der Waals surface area contributed by atoms with Crippen molar-refractivity contribution < 1.29 is 13.6 Å². The molecule has 0 unspecified atom stereocenters. The molecule has 0 aliphatic carbocycles. The molecule has 0 saturated carbocycles. The van der Waals surface area contributed by atoms with Crippen LogP contribution < -0.4 is 5.32 Å². The molecule has 0 atom stereocenters. The number of carbonyl (C=O) groups excluding carboxylic acids is 1. The van der Waals surface area contributed by atoms with Crippen LogP contribution in [0.1, 0.15) is 15.9 Å². The van der Waals surface area contributed by atoms with Crippen LogP contribution in [-0.4, -0.2) is 5.91 Å². The Hall–Kier alpha value is -1.46. The Labute approximate surface area is 127 Å². The molecule has 0 fully saturated rings. The molecule has 1 N–H and O–H groups in total. The average Bonchev–Trinajstić information content (AvgIpc) is 2.42. The van der Waals surface area contributed by atoms with E-state index in [0.29, 0.717) is 10.0 Å². The zero-order valence-corrected chi connectivity index (χ0v) is 12.4. The standard InChI is InChI=1S/C14H9BrClF2NO/c15-9-2-4-12(17)10(6-9)14(20)19-7-8-1-3-13(18)11(16)5-8/h1-6H,7H2,(H,19,20). The first-order valence-corrected chi connectivity index (χ1v) is 6.81. The van der Waals surface area contributed by atoms with Gasteiger partial charge in [-0.3, -0.25) is 4.79 Å². The van der Waals surface area contributed by atoms with Crippen LogP contribution in [0.2, 0.25) is 5.02 Å². The Morgan fingerprint density at radius 1 is 1.15 bits per heavy atom. The number of hydrogen-bond donors (Lipinski definition) is 1. The van der Waals surface area contributed by atoms with E-state index in [1.165, 1.54) is 36.4 Å². The van der Waals surface area contributed by atoms with Gasteiger partial charge in [0, 0.05) is 11.0 Å². The summed E-state index contributed by atoms with van der Waals surface area (Å²) in [6.07, 6.45) is 0. The first-order valence-electron chi connectivity index (χ1n) is 5.64. The Kier molecular flexibility index (Phi) is 4.73. The lowest BCUT2D eigenvalue weighted by Gasteiger charge is -2.07. The number of hydrogen-bond acceptors (Lipinski definition) is 1. The highest BCUT2D eigenvalue weighted by Crippen LogP contribution is 2.17. The minimum absolute atomic E-state index is 0.0228. The summed E-state index contributed by atoms with van der Waals surface area (Å²) in [5.41, 5.74) is 0.563. The molecule has 0 spiro atoms. The minimum atomic E-state index is -0.608.